The van der Waals surface area contributed by atoms with E-state index in [-0.39, 0.29) is 18.4 Å². The Morgan fingerprint density at radius 1 is 1.00 bits per heavy atom. The summed E-state index contributed by atoms with van der Waals surface area (Å²) in [7, 11) is 1.54. The molecule has 0 unspecified atom stereocenters. The molecular formula is C19H23N3O3. The molecule has 0 spiro atoms. The Bertz CT molecular complexity index is 759. The number of anilines is 2. The number of carbonyl (C=O) groups excluding carboxylic acids is 2. The number of amides is 3. The number of hydrogen-bond donors (Lipinski definition) is 3. The van der Waals surface area contributed by atoms with Crippen LogP contribution in [0.5, 0.6) is 5.75 Å². The first-order chi connectivity index (χ1) is 12.0. The van der Waals surface area contributed by atoms with Crippen LogP contribution >= 0.6 is 0 Å². The zero-order valence-corrected chi connectivity index (χ0v) is 14.7. The predicted molar refractivity (Wildman–Crippen MR) is 99.2 cm³/mol. The van der Waals surface area contributed by atoms with Gasteiger partial charge in [-0.25, -0.2) is 4.79 Å². The van der Waals surface area contributed by atoms with Gasteiger partial charge in [0.25, 0.3) is 0 Å². The van der Waals surface area contributed by atoms with E-state index in [1.807, 2.05) is 32.0 Å². The highest BCUT2D eigenvalue weighted by atomic mass is 16.5. The Hall–Kier alpha value is -3.02. The summed E-state index contributed by atoms with van der Waals surface area (Å²) in [5.74, 6) is 0.636. The van der Waals surface area contributed by atoms with Gasteiger partial charge in [-0.1, -0.05) is 23.8 Å². The maximum Gasteiger partial charge on any atom is 0.318 e. The van der Waals surface area contributed by atoms with Crippen molar-refractivity contribution in [3.8, 4) is 5.75 Å². The minimum absolute atomic E-state index is 0.151. The maximum absolute atomic E-state index is 12.0. The van der Waals surface area contributed by atoms with Crippen molar-refractivity contribution < 1.29 is 14.3 Å². The normalized spacial score (nSPS) is 10.0. The summed E-state index contributed by atoms with van der Waals surface area (Å²) in [5.41, 5.74) is 3.44. The molecule has 0 heterocycles. The SMILES string of the molecule is CNC(=O)Nc1cccc(NC(=O)CCOc2ccc(C)cc2C)c1. The van der Waals surface area contributed by atoms with Crippen molar-refractivity contribution in [1.29, 1.82) is 0 Å². The molecule has 0 bridgehead atoms. The van der Waals surface area contributed by atoms with Crippen LogP contribution in [0, 0.1) is 13.8 Å². The molecule has 3 amide bonds. The highest BCUT2D eigenvalue weighted by Crippen LogP contribution is 2.19. The number of aryl methyl sites for hydroxylation is 2. The first kappa shape index (κ1) is 18.3. The van der Waals surface area contributed by atoms with E-state index in [0.29, 0.717) is 18.0 Å². The minimum atomic E-state index is -0.314. The third-order valence-corrected chi connectivity index (χ3v) is 3.55. The number of hydrogen-bond acceptors (Lipinski definition) is 3. The van der Waals surface area contributed by atoms with Crippen LogP contribution in [0.3, 0.4) is 0 Å². The number of carbonyl (C=O) groups is 2. The summed E-state index contributed by atoms with van der Waals surface area (Å²) < 4.78 is 5.66. The highest BCUT2D eigenvalue weighted by molar-refractivity contribution is 5.93. The van der Waals surface area contributed by atoms with E-state index in [4.69, 9.17) is 4.74 Å². The van der Waals surface area contributed by atoms with Crippen LogP contribution in [0.2, 0.25) is 0 Å². The lowest BCUT2D eigenvalue weighted by Gasteiger charge is -2.11. The Morgan fingerprint density at radius 2 is 1.72 bits per heavy atom. The van der Waals surface area contributed by atoms with Gasteiger partial charge < -0.3 is 20.7 Å². The van der Waals surface area contributed by atoms with Gasteiger partial charge in [-0.2, -0.15) is 0 Å². The highest BCUT2D eigenvalue weighted by Gasteiger charge is 2.06. The number of urea groups is 1. The van der Waals surface area contributed by atoms with Gasteiger partial charge in [0.2, 0.25) is 5.91 Å². The van der Waals surface area contributed by atoms with Crippen molar-refractivity contribution in [3.05, 3.63) is 53.6 Å². The number of ether oxygens (including phenoxy) is 1. The Balaban J connectivity index is 1.84. The molecule has 0 aromatic heterocycles. The minimum Gasteiger partial charge on any atom is -0.493 e. The summed E-state index contributed by atoms with van der Waals surface area (Å²) >= 11 is 0. The molecule has 0 fully saturated rings. The van der Waals surface area contributed by atoms with E-state index in [9.17, 15) is 9.59 Å². The molecule has 25 heavy (non-hydrogen) atoms. The van der Waals surface area contributed by atoms with Crippen LogP contribution in [-0.4, -0.2) is 25.6 Å². The van der Waals surface area contributed by atoms with Gasteiger partial charge in [-0.05, 0) is 43.7 Å². The van der Waals surface area contributed by atoms with Gasteiger partial charge in [0.1, 0.15) is 5.75 Å². The van der Waals surface area contributed by atoms with Gasteiger partial charge in [-0.15, -0.1) is 0 Å². The Labute approximate surface area is 147 Å². The van der Waals surface area contributed by atoms with Gasteiger partial charge >= 0.3 is 6.03 Å². The topological polar surface area (TPSA) is 79.5 Å². The van der Waals surface area contributed by atoms with E-state index in [2.05, 4.69) is 16.0 Å². The van der Waals surface area contributed by atoms with Crippen LogP contribution in [0.1, 0.15) is 17.5 Å². The summed E-state index contributed by atoms with van der Waals surface area (Å²) in [6.07, 6.45) is 0.237. The molecule has 6 heteroatoms. The molecule has 2 aromatic carbocycles. The second-order valence-corrected chi connectivity index (χ2v) is 5.70. The summed E-state index contributed by atoms with van der Waals surface area (Å²) in [6.45, 7) is 4.30. The van der Waals surface area contributed by atoms with Crippen molar-refractivity contribution in [3.63, 3.8) is 0 Å². The van der Waals surface area contributed by atoms with Gasteiger partial charge in [-0.3, -0.25) is 4.79 Å². The van der Waals surface area contributed by atoms with Crippen LogP contribution in [0.4, 0.5) is 16.2 Å². The number of nitrogens with one attached hydrogen (secondary N) is 3. The van der Waals surface area contributed by atoms with Crippen LogP contribution in [0.25, 0.3) is 0 Å². The molecule has 2 rings (SSSR count). The lowest BCUT2D eigenvalue weighted by Crippen LogP contribution is -2.24. The monoisotopic (exact) mass is 341 g/mol. The number of benzene rings is 2. The van der Waals surface area contributed by atoms with E-state index in [0.717, 1.165) is 11.3 Å². The molecule has 3 N–H and O–H groups in total. The van der Waals surface area contributed by atoms with Crippen LogP contribution in [0.15, 0.2) is 42.5 Å². The van der Waals surface area contributed by atoms with Gasteiger partial charge in [0.05, 0.1) is 13.0 Å². The van der Waals surface area contributed by atoms with E-state index in [1.165, 1.54) is 12.6 Å². The summed E-state index contributed by atoms with van der Waals surface area (Å²) in [6, 6.07) is 12.6. The largest absolute Gasteiger partial charge is 0.493 e. The first-order valence-electron chi connectivity index (χ1n) is 8.06. The molecule has 0 saturated heterocycles. The fraction of sp³-hybridized carbons (Fsp3) is 0.263. The molecule has 0 radical (unpaired) electrons. The summed E-state index contributed by atoms with van der Waals surface area (Å²) in [4.78, 5) is 23.4. The fourth-order valence-corrected chi connectivity index (χ4v) is 2.31. The lowest BCUT2D eigenvalue weighted by atomic mass is 10.1. The average Bonchev–Trinajstić information content (AvgIpc) is 2.57. The molecule has 0 aliphatic carbocycles. The third kappa shape index (κ3) is 5.84. The van der Waals surface area contributed by atoms with Gasteiger partial charge in [0, 0.05) is 18.4 Å². The maximum atomic E-state index is 12.0. The molecule has 0 aliphatic rings. The van der Waals surface area contributed by atoms with E-state index in [1.54, 1.807) is 24.3 Å². The molecule has 0 atom stereocenters. The molecule has 0 aliphatic heterocycles. The fourth-order valence-electron chi connectivity index (χ4n) is 2.31. The lowest BCUT2D eigenvalue weighted by molar-refractivity contribution is -0.116. The van der Waals surface area contributed by atoms with Crippen molar-refractivity contribution in [2.45, 2.75) is 20.3 Å². The first-order valence-corrected chi connectivity index (χ1v) is 8.06. The average molecular weight is 341 g/mol. The second kappa shape index (κ2) is 8.73. The van der Waals surface area contributed by atoms with E-state index >= 15 is 0 Å². The Morgan fingerprint density at radius 3 is 2.40 bits per heavy atom. The van der Waals surface area contributed by atoms with Gasteiger partial charge in [0.15, 0.2) is 0 Å². The molecule has 2 aromatic rings. The smallest absolute Gasteiger partial charge is 0.318 e. The summed E-state index contributed by atoms with van der Waals surface area (Å²) in [5, 5.41) is 7.92. The van der Waals surface area contributed by atoms with E-state index < -0.39 is 0 Å². The van der Waals surface area contributed by atoms with Crippen LogP contribution < -0.4 is 20.7 Å². The zero-order chi connectivity index (χ0) is 18.2. The van der Waals surface area contributed by atoms with Crippen LogP contribution in [-0.2, 0) is 4.79 Å². The Kier molecular flexibility index (Phi) is 6.39. The number of rotatable bonds is 6. The zero-order valence-electron chi connectivity index (χ0n) is 14.7. The second-order valence-electron chi connectivity index (χ2n) is 5.70. The molecule has 0 saturated carbocycles. The molecule has 6 nitrogen and oxygen atoms in total. The third-order valence-electron chi connectivity index (χ3n) is 3.55. The predicted octanol–water partition coefficient (Wildman–Crippen LogP) is 3.46. The quantitative estimate of drug-likeness (QED) is 0.753. The standard InChI is InChI=1S/C19H23N3O3/c1-13-7-8-17(14(2)11-13)25-10-9-18(23)21-15-5-4-6-16(12-15)22-19(24)20-3/h4-8,11-12H,9-10H2,1-3H3,(H,21,23)(H2,20,22,24). The van der Waals surface area contributed by atoms with Crippen molar-refractivity contribution >= 4 is 23.3 Å². The van der Waals surface area contributed by atoms with Crippen molar-refractivity contribution in [2.75, 3.05) is 24.3 Å². The molecule has 132 valence electrons. The molecular weight excluding hydrogens is 318 g/mol. The van der Waals surface area contributed by atoms with Crippen molar-refractivity contribution in [2.24, 2.45) is 0 Å². The van der Waals surface area contributed by atoms with Crippen molar-refractivity contribution in [1.82, 2.24) is 5.32 Å².